The Morgan fingerprint density at radius 3 is 2.47 bits per heavy atom. The van der Waals surface area contributed by atoms with Crippen LogP contribution in [-0.4, -0.2) is 32.0 Å². The Kier molecular flexibility index (Phi) is 7.07. The highest BCUT2D eigenvalue weighted by atomic mass is 16.4. The molecule has 0 bridgehead atoms. The Morgan fingerprint density at radius 2 is 1.77 bits per heavy atom. The highest BCUT2D eigenvalue weighted by molar-refractivity contribution is 6.00. The molecule has 2 heterocycles. The van der Waals surface area contributed by atoms with E-state index in [2.05, 4.69) is 5.32 Å². The molecule has 1 saturated heterocycles. The van der Waals surface area contributed by atoms with Gasteiger partial charge < -0.3 is 5.11 Å². The summed E-state index contributed by atoms with van der Waals surface area (Å²) in [6.07, 6.45) is 7.67. The van der Waals surface area contributed by atoms with Crippen LogP contribution < -0.4 is 11.0 Å². The number of carboxylic acid groups (broad SMARTS) is 1. The van der Waals surface area contributed by atoms with Gasteiger partial charge in [0.25, 0.3) is 0 Å². The standard InChI is InChI=1S/C22H29N3O5/c1-24-18-14-15(8-6-4-2-3-5-7-9-20(27)28)10-11-16(18)25(22(24)30)17-12-13-19(26)23-21(17)29/h10-11,14,17H,2-9,12-13H2,1H3,(H,27,28)(H,23,26,29). The number of rotatable bonds is 10. The number of aryl methyl sites for hydroxylation is 2. The lowest BCUT2D eigenvalue weighted by Gasteiger charge is -2.21. The summed E-state index contributed by atoms with van der Waals surface area (Å²) in [5, 5.41) is 11.0. The molecule has 1 atom stereocenters. The topological polar surface area (TPSA) is 110 Å². The summed E-state index contributed by atoms with van der Waals surface area (Å²) in [6, 6.07) is 5.23. The van der Waals surface area contributed by atoms with Crippen LogP contribution in [0.4, 0.5) is 0 Å². The maximum atomic E-state index is 12.8. The van der Waals surface area contributed by atoms with Crippen molar-refractivity contribution in [3.8, 4) is 0 Å². The fraction of sp³-hybridized carbons (Fsp3) is 0.545. The number of piperidine rings is 1. The number of hydrogen-bond acceptors (Lipinski definition) is 4. The maximum absolute atomic E-state index is 12.8. The average molecular weight is 415 g/mol. The van der Waals surface area contributed by atoms with Gasteiger partial charge in [0.2, 0.25) is 11.8 Å². The molecule has 1 aliphatic heterocycles. The first-order valence-electron chi connectivity index (χ1n) is 10.6. The predicted molar refractivity (Wildman–Crippen MR) is 112 cm³/mol. The molecule has 162 valence electrons. The molecule has 2 N–H and O–H groups in total. The molecule has 1 aromatic carbocycles. The Balaban J connectivity index is 1.61. The zero-order chi connectivity index (χ0) is 21.7. The second-order valence-corrected chi connectivity index (χ2v) is 8.02. The van der Waals surface area contributed by atoms with E-state index in [0.29, 0.717) is 11.9 Å². The summed E-state index contributed by atoms with van der Waals surface area (Å²) < 4.78 is 3.06. The minimum atomic E-state index is -0.730. The van der Waals surface area contributed by atoms with Crippen molar-refractivity contribution in [3.05, 3.63) is 34.2 Å². The van der Waals surface area contributed by atoms with Gasteiger partial charge in [-0.15, -0.1) is 0 Å². The molecule has 0 aliphatic carbocycles. The summed E-state index contributed by atoms with van der Waals surface area (Å²) in [5.74, 6) is -1.45. The second-order valence-electron chi connectivity index (χ2n) is 8.02. The van der Waals surface area contributed by atoms with E-state index in [9.17, 15) is 19.2 Å². The first-order valence-corrected chi connectivity index (χ1v) is 10.6. The fourth-order valence-corrected chi connectivity index (χ4v) is 4.11. The van der Waals surface area contributed by atoms with Crippen LogP contribution in [0.2, 0.25) is 0 Å². The Labute approximate surface area is 174 Å². The summed E-state index contributed by atoms with van der Waals surface area (Å²) in [5.41, 5.74) is 2.39. The zero-order valence-corrected chi connectivity index (χ0v) is 17.4. The van der Waals surface area contributed by atoms with Gasteiger partial charge in [-0.1, -0.05) is 31.7 Å². The predicted octanol–water partition coefficient (Wildman–Crippen LogP) is 2.68. The first-order chi connectivity index (χ1) is 14.4. The van der Waals surface area contributed by atoms with Gasteiger partial charge in [0.1, 0.15) is 6.04 Å². The number of carbonyl (C=O) groups excluding carboxylic acids is 2. The van der Waals surface area contributed by atoms with Crippen molar-refractivity contribution < 1.29 is 19.5 Å². The molecule has 3 rings (SSSR count). The van der Waals surface area contributed by atoms with Gasteiger partial charge in [0.15, 0.2) is 0 Å². The van der Waals surface area contributed by atoms with E-state index in [1.807, 2.05) is 18.2 Å². The number of imidazole rings is 1. The number of aliphatic carboxylic acids is 1. The largest absolute Gasteiger partial charge is 0.481 e. The van der Waals surface area contributed by atoms with Crippen LogP contribution >= 0.6 is 0 Å². The number of aromatic nitrogens is 2. The lowest BCUT2D eigenvalue weighted by molar-refractivity contribution is -0.137. The third-order valence-corrected chi connectivity index (χ3v) is 5.78. The van der Waals surface area contributed by atoms with Crippen molar-refractivity contribution in [1.29, 1.82) is 0 Å². The molecular formula is C22H29N3O5. The number of hydrogen-bond donors (Lipinski definition) is 2. The third kappa shape index (κ3) is 4.98. The van der Waals surface area contributed by atoms with Gasteiger partial charge in [-0.05, 0) is 43.4 Å². The molecule has 2 amide bonds. The zero-order valence-electron chi connectivity index (χ0n) is 17.4. The molecule has 0 radical (unpaired) electrons. The molecule has 0 spiro atoms. The number of benzene rings is 1. The second kappa shape index (κ2) is 9.73. The molecular weight excluding hydrogens is 386 g/mol. The molecule has 1 unspecified atom stereocenters. The van der Waals surface area contributed by atoms with E-state index in [0.717, 1.165) is 56.0 Å². The molecule has 30 heavy (non-hydrogen) atoms. The van der Waals surface area contributed by atoms with Gasteiger partial charge in [-0.2, -0.15) is 0 Å². The molecule has 8 nitrogen and oxygen atoms in total. The first kappa shape index (κ1) is 21.8. The summed E-state index contributed by atoms with van der Waals surface area (Å²) in [7, 11) is 1.70. The van der Waals surface area contributed by atoms with Crippen molar-refractivity contribution in [2.45, 2.75) is 70.3 Å². The number of unbranched alkanes of at least 4 members (excludes halogenated alkanes) is 5. The van der Waals surface area contributed by atoms with Crippen molar-refractivity contribution in [2.75, 3.05) is 0 Å². The van der Waals surface area contributed by atoms with Crippen LogP contribution in [0.5, 0.6) is 0 Å². The highest BCUT2D eigenvalue weighted by Crippen LogP contribution is 2.24. The molecule has 2 aromatic rings. The van der Waals surface area contributed by atoms with E-state index >= 15 is 0 Å². The Bertz CT molecular complexity index is 1000. The summed E-state index contributed by atoms with van der Waals surface area (Å²) in [4.78, 5) is 46.9. The van der Waals surface area contributed by atoms with Crippen LogP contribution in [0, 0.1) is 0 Å². The number of nitrogens with one attached hydrogen (secondary N) is 1. The number of amides is 2. The highest BCUT2D eigenvalue weighted by Gasteiger charge is 2.31. The van der Waals surface area contributed by atoms with Gasteiger partial charge in [0.05, 0.1) is 11.0 Å². The Hall–Kier alpha value is -2.90. The van der Waals surface area contributed by atoms with E-state index in [4.69, 9.17) is 5.11 Å². The van der Waals surface area contributed by atoms with Gasteiger partial charge in [-0.25, -0.2) is 4.79 Å². The summed E-state index contributed by atoms with van der Waals surface area (Å²) >= 11 is 0. The van der Waals surface area contributed by atoms with Crippen LogP contribution in [0.1, 0.15) is 69.4 Å². The van der Waals surface area contributed by atoms with Crippen LogP contribution in [0.25, 0.3) is 11.0 Å². The molecule has 1 fully saturated rings. The minimum Gasteiger partial charge on any atom is -0.481 e. The maximum Gasteiger partial charge on any atom is 0.329 e. The van der Waals surface area contributed by atoms with E-state index in [-0.39, 0.29) is 24.4 Å². The molecule has 1 aromatic heterocycles. The lowest BCUT2D eigenvalue weighted by atomic mass is 10.0. The normalized spacial score (nSPS) is 16.8. The van der Waals surface area contributed by atoms with Crippen molar-refractivity contribution in [2.24, 2.45) is 7.05 Å². The monoisotopic (exact) mass is 415 g/mol. The lowest BCUT2D eigenvalue weighted by Crippen LogP contribution is -2.44. The minimum absolute atomic E-state index is 0.230. The van der Waals surface area contributed by atoms with Crippen LogP contribution in [-0.2, 0) is 27.9 Å². The molecule has 0 saturated carbocycles. The number of carboxylic acids is 1. The van der Waals surface area contributed by atoms with Crippen LogP contribution in [0.3, 0.4) is 0 Å². The van der Waals surface area contributed by atoms with Crippen molar-refractivity contribution in [3.63, 3.8) is 0 Å². The quantitative estimate of drug-likeness (QED) is 0.458. The fourth-order valence-electron chi connectivity index (χ4n) is 4.11. The third-order valence-electron chi connectivity index (χ3n) is 5.78. The van der Waals surface area contributed by atoms with Crippen molar-refractivity contribution >= 4 is 28.8 Å². The SMILES string of the molecule is Cn1c(=O)n(C2CCC(=O)NC2=O)c2ccc(CCCCCCCCC(=O)O)cc21. The molecule has 1 aliphatic rings. The summed E-state index contributed by atoms with van der Waals surface area (Å²) in [6.45, 7) is 0. The number of fused-ring (bicyclic) bond motifs is 1. The Morgan fingerprint density at radius 1 is 1.07 bits per heavy atom. The van der Waals surface area contributed by atoms with E-state index in [1.165, 1.54) is 4.57 Å². The van der Waals surface area contributed by atoms with Gasteiger partial charge >= 0.3 is 11.7 Å². The van der Waals surface area contributed by atoms with Crippen molar-refractivity contribution in [1.82, 2.24) is 14.5 Å². The van der Waals surface area contributed by atoms with Gasteiger partial charge in [0, 0.05) is 19.9 Å². The van der Waals surface area contributed by atoms with Gasteiger partial charge in [-0.3, -0.25) is 28.8 Å². The average Bonchev–Trinajstić information content (AvgIpc) is 2.94. The van der Waals surface area contributed by atoms with Crippen LogP contribution in [0.15, 0.2) is 23.0 Å². The van der Waals surface area contributed by atoms with E-state index < -0.39 is 17.9 Å². The number of carbonyl (C=O) groups is 3. The van der Waals surface area contributed by atoms with E-state index in [1.54, 1.807) is 11.6 Å². The number of imide groups is 1. The smallest absolute Gasteiger partial charge is 0.329 e. The number of nitrogens with zero attached hydrogens (tertiary/aromatic N) is 2. The molecule has 8 heteroatoms.